The van der Waals surface area contributed by atoms with Crippen LogP contribution in [0.2, 0.25) is 0 Å². The molecule has 0 amide bonds. The van der Waals surface area contributed by atoms with Gasteiger partial charge in [-0.25, -0.2) is 9.37 Å². The topological polar surface area (TPSA) is 30.0 Å². The lowest BCUT2D eigenvalue weighted by molar-refractivity contribution is 0.0916. The van der Waals surface area contributed by atoms with E-state index in [0.29, 0.717) is 12.0 Å². The average Bonchev–Trinajstić information content (AvgIpc) is 2.75. The van der Waals surface area contributed by atoms with Crippen LogP contribution < -0.4 is 0 Å². The molecule has 0 spiro atoms. The molecule has 0 unspecified atom stereocenters. The summed E-state index contributed by atoms with van der Waals surface area (Å²) >= 11 is 1.43. The van der Waals surface area contributed by atoms with E-state index in [2.05, 4.69) is 18.8 Å². The highest BCUT2D eigenvalue weighted by Crippen LogP contribution is 2.39. The van der Waals surface area contributed by atoms with Gasteiger partial charge in [-0.3, -0.25) is 4.79 Å². The largest absolute Gasteiger partial charge is 0.293 e. The first-order chi connectivity index (χ1) is 9.35. The number of fused-ring (bicyclic) bond motifs is 1. The molecule has 2 nitrogen and oxygen atoms in total. The Morgan fingerprint density at radius 2 is 2.05 bits per heavy atom. The van der Waals surface area contributed by atoms with E-state index in [1.165, 1.54) is 17.4 Å². The molecule has 0 fully saturated rings. The summed E-state index contributed by atoms with van der Waals surface area (Å²) in [5.41, 5.74) is 2.36. The molecular weight excluding hydrogens is 273 g/mol. The van der Waals surface area contributed by atoms with E-state index in [-0.39, 0.29) is 17.0 Å². The molecule has 1 aromatic heterocycles. The van der Waals surface area contributed by atoms with Crippen molar-refractivity contribution < 1.29 is 9.18 Å². The summed E-state index contributed by atoms with van der Waals surface area (Å²) in [5, 5.41) is 0.809. The number of ketones is 1. The fourth-order valence-electron chi connectivity index (χ4n) is 2.62. The summed E-state index contributed by atoms with van der Waals surface area (Å²) in [6.07, 6.45) is 1.40. The van der Waals surface area contributed by atoms with Crippen LogP contribution in [-0.2, 0) is 6.42 Å². The molecule has 2 aromatic rings. The summed E-state index contributed by atoms with van der Waals surface area (Å²) in [4.78, 5) is 17.6. The Hall–Kier alpha value is -1.55. The van der Waals surface area contributed by atoms with E-state index in [9.17, 15) is 9.18 Å². The summed E-state index contributed by atoms with van der Waals surface area (Å²) in [7, 11) is 0. The van der Waals surface area contributed by atoms with Gasteiger partial charge in [0.05, 0.1) is 10.6 Å². The van der Waals surface area contributed by atoms with Crippen molar-refractivity contribution in [3.63, 3.8) is 0 Å². The van der Waals surface area contributed by atoms with E-state index < -0.39 is 0 Å². The molecule has 0 bridgehead atoms. The second-order valence-corrected chi connectivity index (χ2v) is 7.20. The van der Waals surface area contributed by atoms with Crippen LogP contribution >= 0.6 is 11.3 Å². The smallest absolute Gasteiger partial charge is 0.175 e. The van der Waals surface area contributed by atoms with Crippen LogP contribution in [0.5, 0.6) is 0 Å². The lowest BCUT2D eigenvalue weighted by Gasteiger charge is -2.26. The Morgan fingerprint density at radius 3 is 2.75 bits per heavy atom. The zero-order valence-corrected chi connectivity index (χ0v) is 12.6. The lowest BCUT2D eigenvalue weighted by Crippen LogP contribution is -2.25. The minimum absolute atomic E-state index is 0.0197. The Morgan fingerprint density at radius 1 is 1.30 bits per heavy atom. The average molecular weight is 289 g/mol. The molecule has 0 N–H and O–H groups in total. The highest BCUT2D eigenvalue weighted by molar-refractivity contribution is 7.17. The van der Waals surface area contributed by atoms with Crippen LogP contribution in [0.25, 0.3) is 10.6 Å². The van der Waals surface area contributed by atoms with Crippen molar-refractivity contribution >= 4 is 17.1 Å². The molecule has 1 aliphatic carbocycles. The van der Waals surface area contributed by atoms with Crippen LogP contribution in [-0.4, -0.2) is 10.8 Å². The van der Waals surface area contributed by atoms with Crippen LogP contribution in [0.1, 0.15) is 41.2 Å². The van der Waals surface area contributed by atoms with Crippen molar-refractivity contribution in [3.05, 3.63) is 40.2 Å². The maximum absolute atomic E-state index is 13.3. The number of aromatic nitrogens is 1. The fourth-order valence-corrected chi connectivity index (χ4v) is 3.64. The molecule has 1 heterocycles. The first-order valence-corrected chi connectivity index (χ1v) is 7.47. The number of hydrogen-bond donors (Lipinski definition) is 0. The predicted octanol–water partition coefficient (Wildman–Crippen LogP) is 4.41. The molecule has 104 valence electrons. The molecule has 20 heavy (non-hydrogen) atoms. The van der Waals surface area contributed by atoms with Gasteiger partial charge >= 0.3 is 0 Å². The fraction of sp³-hybridized carbons (Fsp3) is 0.375. The van der Waals surface area contributed by atoms with Gasteiger partial charge in [0, 0.05) is 12.0 Å². The minimum Gasteiger partial charge on any atom is -0.293 e. The van der Waals surface area contributed by atoms with E-state index >= 15 is 0 Å². The number of halogens is 1. The van der Waals surface area contributed by atoms with Crippen molar-refractivity contribution in [2.45, 2.75) is 33.6 Å². The van der Waals surface area contributed by atoms with Crippen LogP contribution in [0, 0.1) is 18.2 Å². The third-order valence-electron chi connectivity index (χ3n) is 3.64. The zero-order valence-electron chi connectivity index (χ0n) is 11.8. The van der Waals surface area contributed by atoms with E-state index in [1.807, 2.05) is 0 Å². The van der Waals surface area contributed by atoms with E-state index in [4.69, 9.17) is 0 Å². The quantitative estimate of drug-likeness (QED) is 0.778. The SMILES string of the molecule is Cc1cc(-c2nc3c(s2)C(=O)CC(C)(C)C3)ccc1F. The van der Waals surface area contributed by atoms with Gasteiger partial charge in [0.15, 0.2) is 5.78 Å². The Labute approximate surface area is 121 Å². The number of nitrogens with zero attached hydrogens (tertiary/aromatic N) is 1. The summed E-state index contributed by atoms with van der Waals surface area (Å²) < 4.78 is 13.3. The molecule has 1 aliphatic rings. The summed E-state index contributed by atoms with van der Waals surface area (Å²) in [6, 6.07) is 4.97. The second-order valence-electron chi connectivity index (χ2n) is 6.20. The Bertz CT molecular complexity index is 702. The molecular formula is C16H16FNOS. The first-order valence-electron chi connectivity index (χ1n) is 6.65. The van der Waals surface area contributed by atoms with Gasteiger partial charge in [0.2, 0.25) is 0 Å². The number of carbonyl (C=O) groups excluding carboxylic acids is 1. The molecule has 0 saturated carbocycles. The van der Waals surface area contributed by atoms with Crippen LogP contribution in [0.4, 0.5) is 4.39 Å². The van der Waals surface area contributed by atoms with Crippen LogP contribution in [0.3, 0.4) is 0 Å². The third kappa shape index (κ3) is 2.29. The molecule has 3 rings (SSSR count). The maximum atomic E-state index is 13.3. The van der Waals surface area contributed by atoms with Gasteiger partial charge in [-0.2, -0.15) is 0 Å². The monoisotopic (exact) mass is 289 g/mol. The number of carbonyl (C=O) groups is 1. The maximum Gasteiger partial charge on any atom is 0.175 e. The lowest BCUT2D eigenvalue weighted by atomic mass is 9.78. The molecule has 1 aromatic carbocycles. The number of benzene rings is 1. The minimum atomic E-state index is -0.215. The standard InChI is InChI=1S/C16H16FNOS/c1-9-6-10(4-5-11(9)17)15-18-12-7-16(2,3)8-13(19)14(12)20-15/h4-6H,7-8H2,1-3H3. The zero-order chi connectivity index (χ0) is 14.5. The number of thiazole rings is 1. The van der Waals surface area contributed by atoms with Gasteiger partial charge in [0.25, 0.3) is 0 Å². The van der Waals surface area contributed by atoms with Gasteiger partial charge in [-0.05, 0) is 42.5 Å². The molecule has 0 atom stereocenters. The summed E-state index contributed by atoms with van der Waals surface area (Å²) in [6.45, 7) is 5.92. The molecule has 0 radical (unpaired) electrons. The molecule has 0 aliphatic heterocycles. The second kappa shape index (κ2) is 4.48. The molecule has 4 heteroatoms. The van der Waals surface area contributed by atoms with Crippen molar-refractivity contribution in [1.29, 1.82) is 0 Å². The van der Waals surface area contributed by atoms with E-state index in [0.717, 1.165) is 27.6 Å². The summed E-state index contributed by atoms with van der Waals surface area (Å²) in [5.74, 6) is -0.0360. The Balaban J connectivity index is 2.05. The van der Waals surface area contributed by atoms with Gasteiger partial charge in [0.1, 0.15) is 10.8 Å². The number of rotatable bonds is 1. The van der Waals surface area contributed by atoms with Crippen molar-refractivity contribution in [3.8, 4) is 10.6 Å². The highest BCUT2D eigenvalue weighted by Gasteiger charge is 2.33. The predicted molar refractivity (Wildman–Crippen MR) is 78.7 cm³/mol. The van der Waals surface area contributed by atoms with Gasteiger partial charge in [-0.15, -0.1) is 11.3 Å². The first kappa shape index (κ1) is 13.4. The van der Waals surface area contributed by atoms with Gasteiger partial charge < -0.3 is 0 Å². The van der Waals surface area contributed by atoms with Crippen LogP contribution in [0.15, 0.2) is 18.2 Å². The third-order valence-corrected chi connectivity index (χ3v) is 4.83. The number of aryl methyl sites for hydroxylation is 1. The van der Waals surface area contributed by atoms with E-state index in [1.54, 1.807) is 19.1 Å². The highest BCUT2D eigenvalue weighted by atomic mass is 32.1. The van der Waals surface area contributed by atoms with Crippen molar-refractivity contribution in [2.24, 2.45) is 5.41 Å². The van der Waals surface area contributed by atoms with Crippen molar-refractivity contribution in [2.75, 3.05) is 0 Å². The van der Waals surface area contributed by atoms with Crippen molar-refractivity contribution in [1.82, 2.24) is 4.98 Å². The molecule has 0 saturated heterocycles. The van der Waals surface area contributed by atoms with Gasteiger partial charge in [-0.1, -0.05) is 13.8 Å². The number of Topliss-reactive ketones (excluding diaryl/α,β-unsaturated/α-hetero) is 1. The number of hydrogen-bond acceptors (Lipinski definition) is 3. The normalized spacial score (nSPS) is 17.1. The Kier molecular flexibility index (Phi) is 3.01.